The zero-order valence-corrected chi connectivity index (χ0v) is 20.2. The summed E-state index contributed by atoms with van der Waals surface area (Å²) in [5.74, 6) is 0.598. The van der Waals surface area contributed by atoms with Crippen molar-refractivity contribution in [1.82, 2.24) is 4.90 Å². The van der Waals surface area contributed by atoms with E-state index < -0.39 is 23.7 Å². The summed E-state index contributed by atoms with van der Waals surface area (Å²) in [5.41, 5.74) is 8.12. The molecule has 2 atom stereocenters. The number of primary amides is 1. The van der Waals surface area contributed by atoms with Gasteiger partial charge in [0.2, 0.25) is 5.91 Å². The maximum Gasteiger partial charge on any atom is 0.416 e. The molecule has 0 saturated heterocycles. The number of aryl methyl sites for hydroxylation is 1. The Kier molecular flexibility index (Phi) is 7.54. The van der Waals surface area contributed by atoms with Gasteiger partial charge in [-0.05, 0) is 59.7 Å². The first-order valence-electron chi connectivity index (χ1n) is 11.7. The fourth-order valence-corrected chi connectivity index (χ4v) is 5.14. The van der Waals surface area contributed by atoms with Crippen LogP contribution in [0.2, 0.25) is 0 Å². The third-order valence-electron chi connectivity index (χ3n) is 6.77. The lowest BCUT2D eigenvalue weighted by atomic mass is 9.85. The summed E-state index contributed by atoms with van der Waals surface area (Å²) < 4.78 is 52.0. The van der Waals surface area contributed by atoms with Crippen LogP contribution in [0.1, 0.15) is 46.3 Å². The highest BCUT2D eigenvalue weighted by atomic mass is 19.4. The predicted molar refractivity (Wildman–Crippen MR) is 131 cm³/mol. The SMILES string of the molecule is COc1cc2c(cc1OC)[C@H](CCc1ccccc1C(F)(F)F)N(C(C(N)=O)c1ccccc1)CC2. The second-order valence-corrected chi connectivity index (χ2v) is 8.82. The van der Waals surface area contributed by atoms with Crippen molar-refractivity contribution in [3.63, 3.8) is 0 Å². The van der Waals surface area contributed by atoms with Crippen molar-refractivity contribution in [2.75, 3.05) is 20.8 Å². The van der Waals surface area contributed by atoms with E-state index in [9.17, 15) is 18.0 Å². The van der Waals surface area contributed by atoms with Crippen LogP contribution in [0.25, 0.3) is 0 Å². The number of methoxy groups -OCH3 is 2. The molecule has 4 rings (SSSR count). The Morgan fingerprint density at radius 2 is 1.67 bits per heavy atom. The number of carbonyl (C=O) groups excluding carboxylic acids is 1. The average Bonchev–Trinajstić information content (AvgIpc) is 2.87. The lowest BCUT2D eigenvalue weighted by Gasteiger charge is -2.42. The summed E-state index contributed by atoms with van der Waals surface area (Å²) in [6.45, 7) is 0.510. The molecular formula is C28H29F3N2O3. The number of nitrogens with two attached hydrogens (primary N) is 1. The van der Waals surface area contributed by atoms with Crippen LogP contribution in [-0.2, 0) is 23.8 Å². The molecule has 0 fully saturated rings. The molecule has 1 aliphatic heterocycles. The van der Waals surface area contributed by atoms with Crippen molar-refractivity contribution in [2.45, 2.75) is 37.5 Å². The molecule has 3 aromatic rings. The number of fused-ring (bicyclic) bond motifs is 1. The van der Waals surface area contributed by atoms with E-state index in [4.69, 9.17) is 15.2 Å². The molecule has 0 bridgehead atoms. The number of hydrogen-bond acceptors (Lipinski definition) is 4. The summed E-state index contributed by atoms with van der Waals surface area (Å²) in [5, 5.41) is 0. The minimum atomic E-state index is -4.45. The first-order chi connectivity index (χ1) is 17.2. The highest BCUT2D eigenvalue weighted by Crippen LogP contribution is 2.43. The molecular weight excluding hydrogens is 469 g/mol. The van der Waals surface area contributed by atoms with Crippen molar-refractivity contribution in [3.05, 3.63) is 94.5 Å². The third kappa shape index (κ3) is 5.18. The van der Waals surface area contributed by atoms with Gasteiger partial charge in [-0.15, -0.1) is 0 Å². The molecule has 36 heavy (non-hydrogen) atoms. The van der Waals surface area contributed by atoms with Gasteiger partial charge in [0.25, 0.3) is 0 Å². The second-order valence-electron chi connectivity index (χ2n) is 8.82. The van der Waals surface area contributed by atoms with Crippen molar-refractivity contribution >= 4 is 5.91 Å². The fourth-order valence-electron chi connectivity index (χ4n) is 5.14. The van der Waals surface area contributed by atoms with Crippen LogP contribution >= 0.6 is 0 Å². The molecule has 3 aromatic carbocycles. The Morgan fingerprint density at radius 3 is 2.31 bits per heavy atom. The smallest absolute Gasteiger partial charge is 0.416 e. The predicted octanol–water partition coefficient (Wildman–Crippen LogP) is 5.48. The third-order valence-corrected chi connectivity index (χ3v) is 6.77. The van der Waals surface area contributed by atoms with E-state index in [1.807, 2.05) is 47.4 Å². The minimum absolute atomic E-state index is 0.172. The van der Waals surface area contributed by atoms with Gasteiger partial charge in [-0.25, -0.2) is 0 Å². The summed E-state index contributed by atoms with van der Waals surface area (Å²) in [6.07, 6.45) is -3.30. The summed E-state index contributed by atoms with van der Waals surface area (Å²) in [4.78, 5) is 14.7. The molecule has 8 heteroatoms. The van der Waals surface area contributed by atoms with Crippen molar-refractivity contribution in [3.8, 4) is 11.5 Å². The maximum atomic E-state index is 13.7. The topological polar surface area (TPSA) is 64.8 Å². The largest absolute Gasteiger partial charge is 0.493 e. The van der Waals surface area contributed by atoms with Gasteiger partial charge in [-0.3, -0.25) is 9.69 Å². The Hall–Kier alpha value is -3.52. The van der Waals surface area contributed by atoms with E-state index in [2.05, 4.69) is 0 Å². The highest BCUT2D eigenvalue weighted by molar-refractivity contribution is 5.81. The van der Waals surface area contributed by atoms with Crippen molar-refractivity contribution in [1.29, 1.82) is 0 Å². The number of halogens is 3. The number of carbonyl (C=O) groups is 1. The number of benzene rings is 3. The number of nitrogens with zero attached hydrogens (tertiary/aromatic N) is 1. The lowest BCUT2D eigenvalue weighted by molar-refractivity contribution is -0.138. The number of alkyl halides is 3. The monoisotopic (exact) mass is 498 g/mol. The van der Waals surface area contributed by atoms with E-state index >= 15 is 0 Å². The molecule has 0 aliphatic carbocycles. The Bertz CT molecular complexity index is 1210. The first-order valence-corrected chi connectivity index (χ1v) is 11.7. The fraction of sp³-hybridized carbons (Fsp3) is 0.321. The number of ether oxygens (including phenoxy) is 2. The standard InChI is InChI=1S/C28H29F3N2O3/c1-35-24-16-20-14-15-33(26(27(32)34)19-9-4-3-5-10-19)23(21(20)17-25(24)36-2)13-12-18-8-6-7-11-22(18)28(29,30)31/h3-11,16-17,23,26H,12-15H2,1-2H3,(H2,32,34)/t23-,26?/m0/s1. The van der Waals surface area contributed by atoms with Gasteiger partial charge in [-0.2, -0.15) is 13.2 Å². The average molecular weight is 499 g/mol. The van der Waals surface area contributed by atoms with Gasteiger partial charge in [0.1, 0.15) is 6.04 Å². The van der Waals surface area contributed by atoms with E-state index in [0.717, 1.165) is 22.8 Å². The Balaban J connectivity index is 1.78. The van der Waals surface area contributed by atoms with E-state index in [1.165, 1.54) is 19.2 Å². The highest BCUT2D eigenvalue weighted by Gasteiger charge is 2.38. The molecule has 1 amide bonds. The van der Waals surface area contributed by atoms with E-state index in [1.54, 1.807) is 13.2 Å². The second kappa shape index (κ2) is 10.6. The molecule has 0 aromatic heterocycles. The number of rotatable bonds is 8. The van der Waals surface area contributed by atoms with Crippen LogP contribution in [0, 0.1) is 0 Å². The summed E-state index contributed by atoms with van der Waals surface area (Å²) >= 11 is 0. The van der Waals surface area contributed by atoms with Crippen LogP contribution in [-0.4, -0.2) is 31.6 Å². The summed E-state index contributed by atoms with van der Waals surface area (Å²) in [6, 6.07) is 17.5. The molecule has 190 valence electrons. The lowest BCUT2D eigenvalue weighted by Crippen LogP contribution is -2.44. The van der Waals surface area contributed by atoms with Crippen LogP contribution in [0.4, 0.5) is 13.2 Å². The number of amides is 1. The molecule has 2 N–H and O–H groups in total. The van der Waals surface area contributed by atoms with Gasteiger partial charge >= 0.3 is 6.18 Å². The molecule has 1 unspecified atom stereocenters. The van der Waals surface area contributed by atoms with E-state index in [-0.39, 0.29) is 18.0 Å². The first kappa shape index (κ1) is 25.6. The van der Waals surface area contributed by atoms with Gasteiger partial charge in [0.15, 0.2) is 11.5 Å². The minimum Gasteiger partial charge on any atom is -0.493 e. The molecule has 5 nitrogen and oxygen atoms in total. The number of hydrogen-bond donors (Lipinski definition) is 1. The van der Waals surface area contributed by atoms with Gasteiger partial charge in [-0.1, -0.05) is 48.5 Å². The van der Waals surface area contributed by atoms with Crippen LogP contribution in [0.5, 0.6) is 11.5 Å². The van der Waals surface area contributed by atoms with Crippen LogP contribution < -0.4 is 15.2 Å². The maximum absolute atomic E-state index is 13.7. The molecule has 1 heterocycles. The zero-order valence-electron chi connectivity index (χ0n) is 20.2. The normalized spacial score (nSPS) is 16.8. The van der Waals surface area contributed by atoms with Crippen LogP contribution in [0.15, 0.2) is 66.7 Å². The Morgan fingerprint density at radius 1 is 1.03 bits per heavy atom. The molecule has 1 aliphatic rings. The van der Waals surface area contributed by atoms with Crippen molar-refractivity contribution in [2.24, 2.45) is 5.73 Å². The Labute approximate surface area is 208 Å². The van der Waals surface area contributed by atoms with Gasteiger partial charge < -0.3 is 15.2 Å². The molecule has 0 radical (unpaired) electrons. The molecule has 0 spiro atoms. The van der Waals surface area contributed by atoms with Gasteiger partial charge in [0, 0.05) is 12.6 Å². The molecule has 0 saturated carbocycles. The van der Waals surface area contributed by atoms with Crippen LogP contribution in [0.3, 0.4) is 0 Å². The summed E-state index contributed by atoms with van der Waals surface area (Å²) in [7, 11) is 3.10. The van der Waals surface area contributed by atoms with Crippen molar-refractivity contribution < 1.29 is 27.4 Å². The quantitative estimate of drug-likeness (QED) is 0.447. The zero-order chi connectivity index (χ0) is 25.9. The van der Waals surface area contributed by atoms with E-state index in [0.29, 0.717) is 30.9 Å². The van der Waals surface area contributed by atoms with Gasteiger partial charge in [0.05, 0.1) is 19.8 Å².